The molecule has 0 bridgehead atoms. The maximum atomic E-state index is 14.2. The molecule has 9 N–H and O–H groups in total. The molecule has 1 saturated heterocycles. The van der Waals surface area contributed by atoms with Gasteiger partial charge in [-0.3, -0.25) is 19.7 Å². The molecular formula is C33H37N3O13. The molecule has 262 valence electrons. The zero-order valence-corrected chi connectivity index (χ0v) is 26.1. The molecule has 4 aliphatic heterocycles. The molecule has 16 nitrogen and oxygen atoms in total. The molecule has 1 spiro atoms. The Balaban J connectivity index is 1.42. The molecule has 0 radical (unpaired) electrons. The number of anilines is 1. The first-order valence-corrected chi connectivity index (χ1v) is 15.7. The molecule has 0 aromatic heterocycles. The highest BCUT2D eigenvalue weighted by atomic mass is 16.7. The largest absolute Gasteiger partial charge is 0.508 e. The lowest BCUT2D eigenvalue weighted by Crippen LogP contribution is -2.68. The average Bonchev–Trinajstić information content (AvgIpc) is 3.71. The summed E-state index contributed by atoms with van der Waals surface area (Å²) < 4.78 is 11.6. The van der Waals surface area contributed by atoms with Gasteiger partial charge in [-0.15, -0.1) is 0 Å². The SMILES string of the molecule is O=C(/C=C/c1ccc(O)c(CC2=NCN=C2)c1)N1c2c(cc(O)c3c2[C@H](O)C[C@@]2(O3)O[C@H](CO)[C@@H](O)[C@H](O)[C@H]2O)C[C@]1(CCCO)C(=O)O. The number of aliphatic hydroxyl groups excluding tert-OH is 6. The van der Waals surface area contributed by atoms with Crippen molar-refractivity contribution in [2.24, 2.45) is 9.98 Å². The van der Waals surface area contributed by atoms with Crippen molar-refractivity contribution < 1.29 is 65.0 Å². The van der Waals surface area contributed by atoms with Crippen LogP contribution in [0.15, 0.2) is 40.3 Å². The van der Waals surface area contributed by atoms with Crippen LogP contribution in [-0.4, -0.2) is 125 Å². The van der Waals surface area contributed by atoms with Crippen LogP contribution in [0.5, 0.6) is 17.2 Å². The maximum Gasteiger partial charge on any atom is 0.330 e. The zero-order chi connectivity index (χ0) is 35.2. The fraction of sp³-hybridized carbons (Fsp3) is 0.455. The van der Waals surface area contributed by atoms with Crippen molar-refractivity contribution in [3.05, 3.63) is 52.6 Å². The monoisotopic (exact) mass is 683 g/mol. The normalized spacial score (nSPS) is 30.4. The zero-order valence-electron chi connectivity index (χ0n) is 26.1. The Hall–Kier alpha value is -4.42. The first kappa shape index (κ1) is 34.4. The van der Waals surface area contributed by atoms with Crippen LogP contribution in [0.3, 0.4) is 0 Å². The summed E-state index contributed by atoms with van der Waals surface area (Å²) in [6.07, 6.45) is -5.38. The molecule has 7 atom stereocenters. The third-order valence-electron chi connectivity index (χ3n) is 9.46. The van der Waals surface area contributed by atoms with E-state index in [0.29, 0.717) is 23.5 Å². The summed E-state index contributed by atoms with van der Waals surface area (Å²) in [5, 5.41) is 94.8. The van der Waals surface area contributed by atoms with Crippen molar-refractivity contribution in [2.45, 2.75) is 73.9 Å². The predicted molar refractivity (Wildman–Crippen MR) is 171 cm³/mol. The Morgan fingerprint density at radius 2 is 1.84 bits per heavy atom. The van der Waals surface area contributed by atoms with E-state index in [1.165, 1.54) is 18.2 Å². The van der Waals surface area contributed by atoms with E-state index in [4.69, 9.17) is 9.47 Å². The van der Waals surface area contributed by atoms with Crippen LogP contribution in [0.25, 0.3) is 6.08 Å². The van der Waals surface area contributed by atoms with Gasteiger partial charge in [-0.25, -0.2) is 4.79 Å². The first-order chi connectivity index (χ1) is 23.4. The van der Waals surface area contributed by atoms with Gasteiger partial charge in [0.05, 0.1) is 29.7 Å². The summed E-state index contributed by atoms with van der Waals surface area (Å²) in [7, 11) is 0. The third-order valence-corrected chi connectivity index (χ3v) is 9.46. The van der Waals surface area contributed by atoms with E-state index in [0.717, 1.165) is 11.0 Å². The number of nitrogens with zero attached hydrogens (tertiary/aromatic N) is 3. The van der Waals surface area contributed by atoms with Gasteiger partial charge in [-0.1, -0.05) is 6.07 Å². The van der Waals surface area contributed by atoms with E-state index in [-0.39, 0.29) is 54.9 Å². The first-order valence-electron chi connectivity index (χ1n) is 15.7. The van der Waals surface area contributed by atoms with Crippen molar-refractivity contribution >= 4 is 35.6 Å². The number of phenols is 2. The van der Waals surface area contributed by atoms with Crippen molar-refractivity contribution in [3.63, 3.8) is 0 Å². The lowest BCUT2D eigenvalue weighted by molar-refractivity contribution is -0.349. The maximum absolute atomic E-state index is 14.2. The Bertz CT molecular complexity index is 1740. The summed E-state index contributed by atoms with van der Waals surface area (Å²) in [6.45, 7) is -0.878. The number of ether oxygens (including phenoxy) is 2. The molecule has 6 rings (SSSR count). The molecule has 4 aliphatic rings. The number of phenolic OH excluding ortho intramolecular Hbond substituents is 2. The molecule has 0 aliphatic carbocycles. The Kier molecular flexibility index (Phi) is 9.23. The molecule has 0 saturated carbocycles. The van der Waals surface area contributed by atoms with Crippen LogP contribution in [0, 0.1) is 0 Å². The second-order valence-corrected chi connectivity index (χ2v) is 12.6. The number of carboxylic acids is 1. The quantitative estimate of drug-likeness (QED) is 0.148. The van der Waals surface area contributed by atoms with Gasteiger partial charge in [0.1, 0.15) is 42.4 Å². The number of hydrogen-bond acceptors (Lipinski definition) is 14. The van der Waals surface area contributed by atoms with Crippen LogP contribution in [0.1, 0.15) is 47.6 Å². The number of carbonyl (C=O) groups is 2. The van der Waals surface area contributed by atoms with Crippen LogP contribution >= 0.6 is 0 Å². The third kappa shape index (κ3) is 5.84. The number of aromatic hydroxyl groups is 2. The fourth-order valence-corrected chi connectivity index (χ4v) is 7.07. The number of carbonyl (C=O) groups excluding carboxylic acids is 1. The standard InChI is InChI=1S/C33H37N3O13/c37-7-1-6-32(31(46)47)11-18-10-21(40)29-25(22(41)12-33(49-29)30(45)28(44)27(43)23(14-38)48-33)26(18)36(32)24(42)5-3-16-2-4-20(39)17(8-16)9-19-13-34-15-35-19/h2-5,8,10,13,22-23,27-28,30,37-41,43-45H,1,6-7,9,11-12,14-15H2,(H,46,47)/b5-3+/t22-,23-,27-,28+,30-,32-,33+/m1/s1. The minimum Gasteiger partial charge on any atom is -0.508 e. The molecular weight excluding hydrogens is 646 g/mol. The van der Waals surface area contributed by atoms with Crippen molar-refractivity contribution in [2.75, 3.05) is 24.8 Å². The predicted octanol–water partition coefficient (Wildman–Crippen LogP) is -0.692. The number of amides is 1. The molecule has 49 heavy (non-hydrogen) atoms. The highest BCUT2D eigenvalue weighted by molar-refractivity contribution is 6.32. The highest BCUT2D eigenvalue weighted by Gasteiger charge is 2.61. The lowest BCUT2D eigenvalue weighted by atomic mass is 9.84. The van der Waals surface area contributed by atoms with E-state index < -0.39 is 78.2 Å². The number of hydrogen-bond donors (Lipinski definition) is 9. The van der Waals surface area contributed by atoms with Crippen molar-refractivity contribution in [1.82, 2.24) is 0 Å². The minimum atomic E-state index is -2.26. The molecule has 16 heteroatoms. The van der Waals surface area contributed by atoms with E-state index in [2.05, 4.69) is 9.98 Å². The van der Waals surface area contributed by atoms with Gasteiger partial charge in [-0.05, 0) is 48.2 Å². The summed E-state index contributed by atoms with van der Waals surface area (Å²) in [5.41, 5.74) is -0.369. The Labute approximate surface area is 279 Å². The second kappa shape index (κ2) is 13.1. The van der Waals surface area contributed by atoms with E-state index in [9.17, 15) is 55.5 Å². The summed E-state index contributed by atoms with van der Waals surface area (Å²) in [6, 6.07) is 5.80. The van der Waals surface area contributed by atoms with Gasteiger partial charge in [0.2, 0.25) is 5.79 Å². The van der Waals surface area contributed by atoms with Crippen molar-refractivity contribution in [1.29, 1.82) is 0 Å². The lowest BCUT2D eigenvalue weighted by Gasteiger charge is -2.51. The smallest absolute Gasteiger partial charge is 0.330 e. The minimum absolute atomic E-state index is 0.00596. The number of aliphatic carboxylic acids is 1. The van der Waals surface area contributed by atoms with E-state index in [1.807, 2.05) is 0 Å². The Morgan fingerprint density at radius 1 is 1.06 bits per heavy atom. The summed E-state index contributed by atoms with van der Waals surface area (Å²) in [4.78, 5) is 36.5. The molecule has 1 fully saturated rings. The number of aliphatic imine (C=N–C) groups is 2. The van der Waals surface area contributed by atoms with E-state index in [1.54, 1.807) is 18.3 Å². The summed E-state index contributed by atoms with van der Waals surface area (Å²) in [5.74, 6) is -5.55. The van der Waals surface area contributed by atoms with Crippen LogP contribution < -0.4 is 9.64 Å². The Morgan fingerprint density at radius 3 is 2.51 bits per heavy atom. The number of carboxylic acid groups (broad SMARTS) is 1. The van der Waals surface area contributed by atoms with Gasteiger partial charge < -0.3 is 55.4 Å². The van der Waals surface area contributed by atoms with Gasteiger partial charge in [0.15, 0.2) is 11.5 Å². The van der Waals surface area contributed by atoms with Crippen LogP contribution in [0.2, 0.25) is 0 Å². The van der Waals surface area contributed by atoms with Gasteiger partial charge in [0.25, 0.3) is 5.91 Å². The van der Waals surface area contributed by atoms with Gasteiger partial charge >= 0.3 is 5.97 Å². The summed E-state index contributed by atoms with van der Waals surface area (Å²) >= 11 is 0. The van der Waals surface area contributed by atoms with Crippen LogP contribution in [-0.2, 0) is 27.2 Å². The molecule has 2 aromatic rings. The fourth-order valence-electron chi connectivity index (χ4n) is 7.07. The van der Waals surface area contributed by atoms with E-state index >= 15 is 0 Å². The number of fused-ring (bicyclic) bond motifs is 3. The molecule has 0 unspecified atom stereocenters. The molecule has 4 heterocycles. The number of aliphatic hydroxyl groups is 6. The van der Waals surface area contributed by atoms with Gasteiger partial charge in [0, 0.05) is 43.7 Å². The highest BCUT2D eigenvalue weighted by Crippen LogP contribution is 2.57. The number of rotatable bonds is 9. The number of benzene rings is 2. The van der Waals surface area contributed by atoms with Crippen molar-refractivity contribution in [3.8, 4) is 17.2 Å². The topological polar surface area (TPSA) is 263 Å². The molecule has 1 amide bonds. The second-order valence-electron chi connectivity index (χ2n) is 12.6. The van der Waals surface area contributed by atoms with Gasteiger partial charge in [-0.2, -0.15) is 0 Å². The molecule has 2 aromatic carbocycles. The van der Waals surface area contributed by atoms with Crippen LogP contribution in [0.4, 0.5) is 5.69 Å². The average molecular weight is 684 g/mol.